The molecule has 0 bridgehead atoms. The van der Waals surface area contributed by atoms with Crippen LogP contribution >= 0.6 is 11.6 Å². The van der Waals surface area contributed by atoms with Crippen molar-refractivity contribution < 1.29 is 4.74 Å². The lowest BCUT2D eigenvalue weighted by molar-refractivity contribution is -0.0850. The molecule has 0 N–H and O–H groups in total. The molecule has 1 saturated heterocycles. The van der Waals surface area contributed by atoms with Gasteiger partial charge in [0.05, 0.1) is 17.6 Å². The lowest BCUT2D eigenvalue weighted by Gasteiger charge is -2.41. The maximum atomic E-state index is 6.02. The van der Waals surface area contributed by atoms with E-state index >= 15 is 0 Å². The fourth-order valence-electron chi connectivity index (χ4n) is 0.820. The molecule has 1 nitrogen and oxygen atoms in total. The number of halogens is 1. The molecule has 1 aliphatic rings. The van der Waals surface area contributed by atoms with E-state index in [0.717, 1.165) is 13.0 Å². The molecule has 0 saturated carbocycles. The van der Waals surface area contributed by atoms with Crippen LogP contribution in [0.2, 0.25) is 0 Å². The van der Waals surface area contributed by atoms with Crippen LogP contribution in [0.25, 0.3) is 0 Å². The lowest BCUT2D eigenvalue weighted by Crippen LogP contribution is -2.51. The fourth-order valence-corrected chi connectivity index (χ4v) is 0.946. The fraction of sp³-hybridized carbons (Fsp3) is 1.00. The summed E-state index contributed by atoms with van der Waals surface area (Å²) < 4.78 is 5.11. The minimum Gasteiger partial charge on any atom is -0.375 e. The summed E-state index contributed by atoms with van der Waals surface area (Å²) in [6, 6.07) is 0. The molecule has 8 heavy (non-hydrogen) atoms. The molecular weight excluding hydrogens is 124 g/mol. The molecule has 0 aromatic rings. The number of ether oxygens (including phenoxy) is 1. The lowest BCUT2D eigenvalue weighted by atomic mass is 9.96. The SMILES string of the molecule is CCC1(Cl)COC1C. The van der Waals surface area contributed by atoms with E-state index < -0.39 is 0 Å². The Balaban J connectivity index is 2.42. The first-order valence-electron chi connectivity index (χ1n) is 2.99. The van der Waals surface area contributed by atoms with Gasteiger partial charge in [-0.1, -0.05) is 6.92 Å². The molecule has 0 aromatic heterocycles. The van der Waals surface area contributed by atoms with Crippen molar-refractivity contribution >= 4 is 11.6 Å². The van der Waals surface area contributed by atoms with Crippen molar-refractivity contribution in [2.24, 2.45) is 0 Å². The van der Waals surface area contributed by atoms with Crippen LogP contribution in [-0.4, -0.2) is 17.6 Å². The van der Waals surface area contributed by atoms with Crippen LogP contribution < -0.4 is 0 Å². The van der Waals surface area contributed by atoms with Crippen LogP contribution in [0, 0.1) is 0 Å². The Labute approximate surface area is 55.0 Å². The molecule has 1 aliphatic heterocycles. The highest BCUT2D eigenvalue weighted by atomic mass is 35.5. The smallest absolute Gasteiger partial charge is 0.0934 e. The summed E-state index contributed by atoms with van der Waals surface area (Å²) >= 11 is 6.02. The molecular formula is C6H11ClO. The molecule has 48 valence electrons. The van der Waals surface area contributed by atoms with E-state index in [4.69, 9.17) is 16.3 Å². The predicted octanol–water partition coefficient (Wildman–Crippen LogP) is 1.79. The van der Waals surface area contributed by atoms with E-state index in [1.54, 1.807) is 0 Å². The monoisotopic (exact) mass is 134 g/mol. The van der Waals surface area contributed by atoms with Gasteiger partial charge in [0.25, 0.3) is 0 Å². The molecule has 0 aromatic carbocycles. The van der Waals surface area contributed by atoms with Gasteiger partial charge in [-0.05, 0) is 13.3 Å². The van der Waals surface area contributed by atoms with E-state index in [1.807, 2.05) is 6.92 Å². The zero-order valence-electron chi connectivity index (χ0n) is 5.28. The predicted molar refractivity (Wildman–Crippen MR) is 34.3 cm³/mol. The second kappa shape index (κ2) is 1.89. The highest BCUT2D eigenvalue weighted by Crippen LogP contribution is 2.34. The quantitative estimate of drug-likeness (QED) is 0.497. The van der Waals surface area contributed by atoms with Gasteiger partial charge < -0.3 is 4.74 Å². The highest BCUT2D eigenvalue weighted by molar-refractivity contribution is 6.25. The van der Waals surface area contributed by atoms with Crippen molar-refractivity contribution in [3.05, 3.63) is 0 Å². The topological polar surface area (TPSA) is 9.23 Å². The largest absolute Gasteiger partial charge is 0.375 e. The standard InChI is InChI=1S/C6H11ClO/c1-3-6(7)4-8-5(6)2/h5H,3-4H2,1-2H3. The second-order valence-electron chi connectivity index (χ2n) is 2.34. The minimum absolute atomic E-state index is 0.0278. The Hall–Kier alpha value is 0.250. The summed E-state index contributed by atoms with van der Waals surface area (Å²) in [5.41, 5.74) is 0. The molecule has 0 spiro atoms. The van der Waals surface area contributed by atoms with Gasteiger partial charge in [-0.3, -0.25) is 0 Å². The van der Waals surface area contributed by atoms with Crippen molar-refractivity contribution in [2.75, 3.05) is 6.61 Å². The van der Waals surface area contributed by atoms with Crippen LogP contribution in [0.3, 0.4) is 0 Å². The minimum atomic E-state index is -0.0278. The van der Waals surface area contributed by atoms with Crippen molar-refractivity contribution in [1.29, 1.82) is 0 Å². The molecule has 1 rings (SSSR count). The third kappa shape index (κ3) is 0.741. The van der Waals surface area contributed by atoms with Gasteiger partial charge in [0, 0.05) is 0 Å². The average molecular weight is 135 g/mol. The van der Waals surface area contributed by atoms with Crippen molar-refractivity contribution in [3.63, 3.8) is 0 Å². The second-order valence-corrected chi connectivity index (χ2v) is 3.09. The van der Waals surface area contributed by atoms with Gasteiger partial charge in [-0.25, -0.2) is 0 Å². The highest BCUT2D eigenvalue weighted by Gasteiger charge is 2.41. The van der Waals surface area contributed by atoms with Gasteiger partial charge in [0.2, 0.25) is 0 Å². The average Bonchev–Trinajstić information content (AvgIpc) is 1.83. The molecule has 2 heteroatoms. The van der Waals surface area contributed by atoms with E-state index in [9.17, 15) is 0 Å². The molecule has 2 atom stereocenters. The van der Waals surface area contributed by atoms with E-state index in [-0.39, 0.29) is 11.0 Å². The maximum Gasteiger partial charge on any atom is 0.0934 e. The van der Waals surface area contributed by atoms with Crippen LogP contribution in [0.4, 0.5) is 0 Å². The van der Waals surface area contributed by atoms with E-state index in [1.165, 1.54) is 0 Å². The Morgan fingerprint density at radius 2 is 2.50 bits per heavy atom. The Bertz CT molecular complexity index is 90.5. The van der Waals surface area contributed by atoms with Crippen LogP contribution in [0.15, 0.2) is 0 Å². The normalized spacial score (nSPS) is 46.1. The molecule has 0 amide bonds. The zero-order chi connectivity index (χ0) is 6.20. The van der Waals surface area contributed by atoms with Crippen LogP contribution in [-0.2, 0) is 4.74 Å². The van der Waals surface area contributed by atoms with Gasteiger partial charge in [-0.2, -0.15) is 0 Å². The molecule has 2 unspecified atom stereocenters. The third-order valence-electron chi connectivity index (χ3n) is 1.89. The number of alkyl halides is 1. The summed E-state index contributed by atoms with van der Waals surface area (Å²) in [4.78, 5) is -0.0278. The summed E-state index contributed by atoms with van der Waals surface area (Å²) in [5.74, 6) is 0. The number of hydrogen-bond acceptors (Lipinski definition) is 1. The van der Waals surface area contributed by atoms with E-state index in [0.29, 0.717) is 0 Å². The first kappa shape index (κ1) is 6.37. The summed E-state index contributed by atoms with van der Waals surface area (Å²) in [6.07, 6.45) is 1.27. The van der Waals surface area contributed by atoms with Gasteiger partial charge >= 0.3 is 0 Å². The number of rotatable bonds is 1. The first-order chi connectivity index (χ1) is 3.69. The molecule has 1 heterocycles. The van der Waals surface area contributed by atoms with Crippen LogP contribution in [0.5, 0.6) is 0 Å². The summed E-state index contributed by atoms with van der Waals surface area (Å²) in [5, 5.41) is 0. The van der Waals surface area contributed by atoms with Gasteiger partial charge in [0.15, 0.2) is 0 Å². The maximum absolute atomic E-state index is 6.02. The zero-order valence-corrected chi connectivity index (χ0v) is 6.03. The van der Waals surface area contributed by atoms with Crippen molar-refractivity contribution in [3.8, 4) is 0 Å². The molecule has 0 aliphatic carbocycles. The van der Waals surface area contributed by atoms with Gasteiger partial charge in [0.1, 0.15) is 0 Å². The molecule has 0 radical (unpaired) electrons. The van der Waals surface area contributed by atoms with Gasteiger partial charge in [-0.15, -0.1) is 11.6 Å². The Morgan fingerprint density at radius 3 is 2.50 bits per heavy atom. The Kier molecular flexibility index (Phi) is 1.50. The third-order valence-corrected chi connectivity index (χ3v) is 2.57. The van der Waals surface area contributed by atoms with Crippen LogP contribution in [0.1, 0.15) is 20.3 Å². The number of hydrogen-bond donors (Lipinski definition) is 0. The van der Waals surface area contributed by atoms with E-state index in [2.05, 4.69) is 6.92 Å². The first-order valence-corrected chi connectivity index (χ1v) is 3.37. The summed E-state index contributed by atoms with van der Waals surface area (Å²) in [6.45, 7) is 4.83. The molecule has 1 fully saturated rings. The Morgan fingerprint density at radius 1 is 1.88 bits per heavy atom. The van der Waals surface area contributed by atoms with Crippen molar-refractivity contribution in [1.82, 2.24) is 0 Å². The van der Waals surface area contributed by atoms with Crippen molar-refractivity contribution in [2.45, 2.75) is 31.2 Å². The summed E-state index contributed by atoms with van der Waals surface area (Å²) in [7, 11) is 0.